The fourth-order valence-corrected chi connectivity index (χ4v) is 4.38. The Bertz CT molecular complexity index is 835. The third-order valence-electron chi connectivity index (χ3n) is 4.05. The van der Waals surface area contributed by atoms with Crippen LogP contribution in [0.4, 0.5) is 0 Å². The number of amides is 1. The van der Waals surface area contributed by atoms with E-state index in [0.717, 1.165) is 16.5 Å². The number of imidazole rings is 1. The fraction of sp³-hybridized carbons (Fsp3) is 0.389. The molecule has 25 heavy (non-hydrogen) atoms. The van der Waals surface area contributed by atoms with Gasteiger partial charge in [-0.2, -0.15) is 0 Å². The van der Waals surface area contributed by atoms with Gasteiger partial charge < -0.3 is 9.47 Å². The SMILES string of the molecule is CC(C)c1nccn1[C@H](C)C(=O)N(C)Cc1csc(-c2cccs2)n1. The highest BCUT2D eigenvalue weighted by Crippen LogP contribution is 2.28. The third-order valence-corrected chi connectivity index (χ3v) is 5.98. The van der Waals surface area contributed by atoms with Gasteiger partial charge in [-0.15, -0.1) is 22.7 Å². The van der Waals surface area contributed by atoms with Gasteiger partial charge in [0.15, 0.2) is 0 Å². The number of carbonyl (C=O) groups is 1. The van der Waals surface area contributed by atoms with Crippen LogP contribution in [-0.4, -0.2) is 32.4 Å². The molecule has 0 fully saturated rings. The number of rotatable bonds is 6. The van der Waals surface area contributed by atoms with E-state index in [-0.39, 0.29) is 17.9 Å². The van der Waals surface area contributed by atoms with E-state index < -0.39 is 0 Å². The lowest BCUT2D eigenvalue weighted by Crippen LogP contribution is -2.33. The topological polar surface area (TPSA) is 51.0 Å². The van der Waals surface area contributed by atoms with E-state index in [1.807, 2.05) is 41.6 Å². The van der Waals surface area contributed by atoms with Gasteiger partial charge in [0, 0.05) is 30.7 Å². The number of thiophene rings is 1. The van der Waals surface area contributed by atoms with Crippen molar-refractivity contribution in [3.63, 3.8) is 0 Å². The van der Waals surface area contributed by atoms with Gasteiger partial charge in [0.1, 0.15) is 16.9 Å². The minimum Gasteiger partial charge on any atom is -0.338 e. The number of likely N-dealkylation sites (N-methyl/N-ethyl adjacent to an activating group) is 1. The summed E-state index contributed by atoms with van der Waals surface area (Å²) in [6.07, 6.45) is 3.64. The predicted molar refractivity (Wildman–Crippen MR) is 103 cm³/mol. The standard InChI is InChI=1S/C18H22N4OS2/c1-12(2)16-19-7-8-22(16)13(3)18(23)21(4)10-14-11-25-17(20-14)15-6-5-9-24-15/h5-9,11-13H,10H2,1-4H3/t13-/m1/s1. The van der Waals surface area contributed by atoms with Crippen molar-refractivity contribution < 1.29 is 4.79 Å². The van der Waals surface area contributed by atoms with Gasteiger partial charge in [0.2, 0.25) is 5.91 Å². The van der Waals surface area contributed by atoms with Gasteiger partial charge in [0.25, 0.3) is 0 Å². The molecule has 5 nitrogen and oxygen atoms in total. The molecule has 0 aromatic carbocycles. The molecule has 3 aromatic rings. The lowest BCUT2D eigenvalue weighted by atomic mass is 10.2. The Morgan fingerprint density at radius 1 is 1.32 bits per heavy atom. The molecule has 3 heterocycles. The Kier molecular flexibility index (Phi) is 5.34. The average molecular weight is 375 g/mol. The van der Waals surface area contributed by atoms with Crippen LogP contribution in [0.5, 0.6) is 0 Å². The highest BCUT2D eigenvalue weighted by Gasteiger charge is 2.23. The van der Waals surface area contributed by atoms with E-state index in [9.17, 15) is 4.79 Å². The molecule has 1 atom stereocenters. The number of thiazole rings is 1. The molecular formula is C18H22N4OS2. The van der Waals surface area contributed by atoms with Crippen molar-refractivity contribution in [2.45, 2.75) is 39.3 Å². The van der Waals surface area contributed by atoms with Gasteiger partial charge in [-0.1, -0.05) is 19.9 Å². The zero-order chi connectivity index (χ0) is 18.0. The molecule has 0 N–H and O–H groups in total. The highest BCUT2D eigenvalue weighted by atomic mass is 32.1. The minimum atomic E-state index is -0.277. The second kappa shape index (κ2) is 7.49. The Balaban J connectivity index is 1.69. The molecule has 7 heteroatoms. The minimum absolute atomic E-state index is 0.0607. The average Bonchev–Trinajstić information content (AvgIpc) is 3.32. The Morgan fingerprint density at radius 2 is 2.12 bits per heavy atom. The van der Waals surface area contributed by atoms with Gasteiger partial charge >= 0.3 is 0 Å². The first kappa shape index (κ1) is 17.8. The van der Waals surface area contributed by atoms with Crippen LogP contribution in [0.25, 0.3) is 9.88 Å². The van der Waals surface area contributed by atoms with Crippen molar-refractivity contribution >= 4 is 28.6 Å². The molecule has 0 radical (unpaired) electrons. The van der Waals surface area contributed by atoms with Gasteiger partial charge in [-0.05, 0) is 18.4 Å². The number of nitrogens with zero attached hydrogens (tertiary/aromatic N) is 4. The molecule has 1 amide bonds. The first-order chi connectivity index (χ1) is 12.0. The van der Waals surface area contributed by atoms with Crippen molar-refractivity contribution in [1.82, 2.24) is 19.4 Å². The van der Waals surface area contributed by atoms with E-state index in [1.165, 1.54) is 4.88 Å². The number of hydrogen-bond acceptors (Lipinski definition) is 5. The molecule has 132 valence electrons. The number of aromatic nitrogens is 3. The van der Waals surface area contributed by atoms with Crippen molar-refractivity contribution in [1.29, 1.82) is 0 Å². The van der Waals surface area contributed by atoms with Crippen LogP contribution in [0.2, 0.25) is 0 Å². The third kappa shape index (κ3) is 3.82. The summed E-state index contributed by atoms with van der Waals surface area (Å²) < 4.78 is 1.96. The van der Waals surface area contributed by atoms with Gasteiger partial charge in [0.05, 0.1) is 17.1 Å². The van der Waals surface area contributed by atoms with E-state index >= 15 is 0 Å². The zero-order valence-electron chi connectivity index (χ0n) is 14.8. The Hall–Kier alpha value is -1.99. The molecule has 0 saturated carbocycles. The Morgan fingerprint density at radius 3 is 2.80 bits per heavy atom. The summed E-state index contributed by atoms with van der Waals surface area (Å²) in [5.41, 5.74) is 0.922. The predicted octanol–water partition coefficient (Wildman–Crippen LogP) is 4.41. The van der Waals surface area contributed by atoms with Gasteiger partial charge in [-0.3, -0.25) is 4.79 Å². The van der Waals surface area contributed by atoms with Crippen molar-refractivity contribution in [3.05, 3.63) is 46.8 Å². The second-order valence-electron chi connectivity index (χ2n) is 6.34. The molecule has 3 rings (SSSR count). The molecule has 0 unspecified atom stereocenters. The summed E-state index contributed by atoms with van der Waals surface area (Å²) in [7, 11) is 1.83. The van der Waals surface area contributed by atoms with Crippen LogP contribution in [0, 0.1) is 0 Å². The summed E-state index contributed by atoms with van der Waals surface area (Å²) in [6.45, 7) is 6.60. The molecule has 0 aliphatic heterocycles. The maximum absolute atomic E-state index is 12.8. The van der Waals surface area contributed by atoms with E-state index in [2.05, 4.69) is 29.9 Å². The zero-order valence-corrected chi connectivity index (χ0v) is 16.5. The van der Waals surface area contributed by atoms with E-state index in [4.69, 9.17) is 0 Å². The van der Waals surface area contributed by atoms with Crippen LogP contribution in [0.3, 0.4) is 0 Å². The normalized spacial score (nSPS) is 12.5. The summed E-state index contributed by atoms with van der Waals surface area (Å²) in [4.78, 5) is 24.8. The molecule has 0 saturated heterocycles. The van der Waals surface area contributed by atoms with Crippen LogP contribution < -0.4 is 0 Å². The van der Waals surface area contributed by atoms with Crippen LogP contribution >= 0.6 is 22.7 Å². The first-order valence-electron chi connectivity index (χ1n) is 8.23. The number of hydrogen-bond donors (Lipinski definition) is 0. The Labute approximate surface area is 156 Å². The monoisotopic (exact) mass is 374 g/mol. The van der Waals surface area contributed by atoms with Gasteiger partial charge in [-0.25, -0.2) is 9.97 Å². The maximum atomic E-state index is 12.8. The summed E-state index contributed by atoms with van der Waals surface area (Å²) in [6, 6.07) is 3.81. The fourth-order valence-electron chi connectivity index (χ4n) is 2.75. The van der Waals surface area contributed by atoms with E-state index in [0.29, 0.717) is 6.54 Å². The van der Waals surface area contributed by atoms with E-state index in [1.54, 1.807) is 33.8 Å². The highest BCUT2D eigenvalue weighted by molar-refractivity contribution is 7.20. The smallest absolute Gasteiger partial charge is 0.245 e. The summed E-state index contributed by atoms with van der Waals surface area (Å²) >= 11 is 3.30. The quantitative estimate of drug-likeness (QED) is 0.642. The number of carbonyl (C=O) groups excluding carboxylic acids is 1. The van der Waals surface area contributed by atoms with Crippen molar-refractivity contribution in [3.8, 4) is 9.88 Å². The summed E-state index contributed by atoms with van der Waals surface area (Å²) in [5, 5.41) is 5.08. The molecule has 0 aliphatic rings. The molecule has 0 bridgehead atoms. The van der Waals surface area contributed by atoms with Crippen molar-refractivity contribution in [2.75, 3.05) is 7.05 Å². The largest absolute Gasteiger partial charge is 0.338 e. The lowest BCUT2D eigenvalue weighted by molar-refractivity contribution is -0.133. The lowest BCUT2D eigenvalue weighted by Gasteiger charge is -2.23. The maximum Gasteiger partial charge on any atom is 0.245 e. The molecule has 3 aromatic heterocycles. The summed E-state index contributed by atoms with van der Waals surface area (Å²) in [5.74, 6) is 1.27. The van der Waals surface area contributed by atoms with Crippen LogP contribution in [-0.2, 0) is 11.3 Å². The molecule has 0 spiro atoms. The molecule has 0 aliphatic carbocycles. The van der Waals surface area contributed by atoms with Crippen LogP contribution in [0.15, 0.2) is 35.3 Å². The molecular weight excluding hydrogens is 352 g/mol. The second-order valence-corrected chi connectivity index (χ2v) is 8.14. The van der Waals surface area contributed by atoms with Crippen molar-refractivity contribution in [2.24, 2.45) is 0 Å². The van der Waals surface area contributed by atoms with Crippen LogP contribution in [0.1, 0.15) is 44.2 Å². The first-order valence-corrected chi connectivity index (χ1v) is 9.99.